The van der Waals surface area contributed by atoms with Gasteiger partial charge in [-0.25, -0.2) is 0 Å². The summed E-state index contributed by atoms with van der Waals surface area (Å²) in [5.41, 5.74) is 1.39. The molecule has 0 atom stereocenters. The Hall–Kier alpha value is -1.94. The highest BCUT2D eigenvalue weighted by atomic mass is 35.5. The third-order valence-electron chi connectivity index (χ3n) is 3.31. The average molecular weight is 288 g/mol. The highest BCUT2D eigenvalue weighted by Gasteiger charge is 2.33. The first kappa shape index (κ1) is 13.1. The largest absolute Gasteiger partial charge is 0.330 e. The van der Waals surface area contributed by atoms with E-state index in [0.717, 1.165) is 18.5 Å². The molecular weight excluding hydrogens is 274 g/mol. The molecule has 102 valence electrons. The molecule has 0 bridgehead atoms. The van der Waals surface area contributed by atoms with Gasteiger partial charge in [-0.05, 0) is 31.0 Å². The van der Waals surface area contributed by atoms with Crippen LogP contribution in [0.4, 0.5) is 0 Å². The minimum Gasteiger partial charge on any atom is -0.330 e. The fourth-order valence-electron chi connectivity index (χ4n) is 2.12. The van der Waals surface area contributed by atoms with E-state index >= 15 is 0 Å². The maximum Gasteiger partial charge on any atom is 0.256 e. The summed E-state index contributed by atoms with van der Waals surface area (Å²) in [7, 11) is 0. The van der Waals surface area contributed by atoms with Crippen LogP contribution < -0.4 is 0 Å². The van der Waals surface area contributed by atoms with Crippen LogP contribution >= 0.6 is 11.6 Å². The summed E-state index contributed by atoms with van der Waals surface area (Å²) in [6.07, 6.45) is 6.92. The second-order valence-electron chi connectivity index (χ2n) is 4.84. The summed E-state index contributed by atoms with van der Waals surface area (Å²) in [6.45, 7) is 0.517. The van der Waals surface area contributed by atoms with Crippen molar-refractivity contribution in [2.75, 3.05) is 0 Å². The molecule has 2 aromatic rings. The summed E-state index contributed by atoms with van der Waals surface area (Å²) in [5, 5.41) is 0.393. The fraction of sp³-hybridized carbons (Fsp3) is 0.267. The lowest BCUT2D eigenvalue weighted by molar-refractivity contribution is 0.0728. The van der Waals surface area contributed by atoms with Crippen LogP contribution in [0, 0.1) is 0 Å². The number of hydrogen-bond donors (Lipinski definition) is 0. The third-order valence-corrected chi connectivity index (χ3v) is 3.61. The van der Waals surface area contributed by atoms with Gasteiger partial charge in [-0.3, -0.25) is 14.8 Å². The molecule has 1 amide bonds. The Balaban J connectivity index is 1.84. The normalized spacial score (nSPS) is 14.1. The molecule has 5 heteroatoms. The van der Waals surface area contributed by atoms with Crippen molar-refractivity contribution < 1.29 is 4.79 Å². The number of amides is 1. The van der Waals surface area contributed by atoms with E-state index < -0.39 is 0 Å². The molecule has 3 rings (SSSR count). The van der Waals surface area contributed by atoms with Crippen LogP contribution in [0.3, 0.4) is 0 Å². The number of pyridine rings is 2. The van der Waals surface area contributed by atoms with Gasteiger partial charge in [-0.1, -0.05) is 17.7 Å². The molecule has 1 aliphatic carbocycles. The molecule has 20 heavy (non-hydrogen) atoms. The first-order chi connectivity index (χ1) is 9.75. The van der Waals surface area contributed by atoms with E-state index in [2.05, 4.69) is 9.97 Å². The Morgan fingerprint density at radius 3 is 2.80 bits per heavy atom. The van der Waals surface area contributed by atoms with Crippen molar-refractivity contribution in [3.63, 3.8) is 0 Å². The van der Waals surface area contributed by atoms with Crippen LogP contribution in [0.25, 0.3) is 0 Å². The summed E-state index contributed by atoms with van der Waals surface area (Å²) in [4.78, 5) is 22.7. The molecule has 1 fully saturated rings. The van der Waals surface area contributed by atoms with E-state index in [1.165, 1.54) is 6.20 Å². The van der Waals surface area contributed by atoms with Gasteiger partial charge in [0.05, 0.1) is 22.8 Å². The van der Waals surface area contributed by atoms with Crippen LogP contribution in [0.15, 0.2) is 42.9 Å². The van der Waals surface area contributed by atoms with Gasteiger partial charge in [0, 0.05) is 24.6 Å². The Kier molecular flexibility index (Phi) is 3.65. The molecule has 0 unspecified atom stereocenters. The Bertz CT molecular complexity index is 614. The molecule has 1 saturated carbocycles. The van der Waals surface area contributed by atoms with Crippen LogP contribution in [0.2, 0.25) is 5.02 Å². The number of halogens is 1. The number of rotatable bonds is 4. The van der Waals surface area contributed by atoms with E-state index in [4.69, 9.17) is 11.6 Å². The molecule has 2 heterocycles. The van der Waals surface area contributed by atoms with E-state index in [-0.39, 0.29) is 5.91 Å². The molecule has 2 aromatic heterocycles. The molecular formula is C15H14ClN3O. The molecule has 0 spiro atoms. The van der Waals surface area contributed by atoms with Gasteiger partial charge in [0.1, 0.15) is 0 Å². The highest BCUT2D eigenvalue weighted by Crippen LogP contribution is 2.30. The third kappa shape index (κ3) is 2.80. The van der Waals surface area contributed by atoms with Crippen molar-refractivity contribution in [3.05, 3.63) is 59.1 Å². The van der Waals surface area contributed by atoms with Crippen molar-refractivity contribution in [2.24, 2.45) is 0 Å². The van der Waals surface area contributed by atoms with E-state index in [0.29, 0.717) is 23.2 Å². The Labute approximate surface area is 122 Å². The van der Waals surface area contributed by atoms with Crippen molar-refractivity contribution in [1.29, 1.82) is 0 Å². The predicted molar refractivity (Wildman–Crippen MR) is 76.4 cm³/mol. The van der Waals surface area contributed by atoms with Gasteiger partial charge in [0.15, 0.2) is 0 Å². The maximum absolute atomic E-state index is 12.6. The molecule has 0 aliphatic heterocycles. The zero-order chi connectivity index (χ0) is 13.9. The van der Waals surface area contributed by atoms with Gasteiger partial charge in [0.2, 0.25) is 0 Å². The van der Waals surface area contributed by atoms with Gasteiger partial charge in [-0.15, -0.1) is 0 Å². The van der Waals surface area contributed by atoms with Crippen molar-refractivity contribution in [3.8, 4) is 0 Å². The smallest absolute Gasteiger partial charge is 0.256 e. The van der Waals surface area contributed by atoms with Gasteiger partial charge in [0.25, 0.3) is 5.91 Å². The summed E-state index contributed by atoms with van der Waals surface area (Å²) in [6, 6.07) is 7.69. The zero-order valence-corrected chi connectivity index (χ0v) is 11.6. The number of nitrogens with zero attached hydrogens (tertiary/aromatic N) is 3. The quantitative estimate of drug-likeness (QED) is 0.868. The lowest BCUT2D eigenvalue weighted by atomic mass is 10.2. The van der Waals surface area contributed by atoms with E-state index in [1.54, 1.807) is 18.5 Å². The number of carbonyl (C=O) groups excluding carboxylic acids is 1. The summed E-state index contributed by atoms with van der Waals surface area (Å²) in [5.74, 6) is -0.0504. The standard InChI is InChI=1S/C15H14ClN3O/c16-14-9-17-8-6-13(14)15(20)19(12-4-5-12)10-11-3-1-2-7-18-11/h1-3,6-9,12H,4-5,10H2. The van der Waals surface area contributed by atoms with Gasteiger partial charge >= 0.3 is 0 Å². The average Bonchev–Trinajstić information content (AvgIpc) is 3.30. The minimum atomic E-state index is -0.0504. The number of carbonyl (C=O) groups is 1. The Morgan fingerprint density at radius 2 is 2.15 bits per heavy atom. The second kappa shape index (κ2) is 5.59. The molecule has 0 radical (unpaired) electrons. The molecule has 0 aromatic carbocycles. The summed E-state index contributed by atoms with van der Waals surface area (Å²) >= 11 is 6.07. The SMILES string of the molecule is O=C(c1ccncc1Cl)N(Cc1ccccn1)C1CC1. The van der Waals surface area contributed by atoms with Crippen molar-refractivity contribution in [2.45, 2.75) is 25.4 Å². The maximum atomic E-state index is 12.6. The summed E-state index contributed by atoms with van der Waals surface area (Å²) < 4.78 is 0. The van der Waals surface area contributed by atoms with Crippen LogP contribution in [0.5, 0.6) is 0 Å². The van der Waals surface area contributed by atoms with Crippen molar-refractivity contribution in [1.82, 2.24) is 14.9 Å². The van der Waals surface area contributed by atoms with Crippen molar-refractivity contribution >= 4 is 17.5 Å². The van der Waals surface area contributed by atoms with E-state index in [1.807, 2.05) is 23.1 Å². The first-order valence-electron chi connectivity index (χ1n) is 6.56. The zero-order valence-electron chi connectivity index (χ0n) is 10.9. The van der Waals surface area contributed by atoms with Gasteiger partial charge < -0.3 is 4.90 Å². The monoisotopic (exact) mass is 287 g/mol. The lowest BCUT2D eigenvalue weighted by Gasteiger charge is -2.22. The topological polar surface area (TPSA) is 46.1 Å². The minimum absolute atomic E-state index is 0.0504. The second-order valence-corrected chi connectivity index (χ2v) is 5.25. The molecule has 1 aliphatic rings. The molecule has 0 saturated heterocycles. The molecule has 0 N–H and O–H groups in total. The van der Waals surface area contributed by atoms with Crippen LogP contribution in [0.1, 0.15) is 28.9 Å². The first-order valence-corrected chi connectivity index (χ1v) is 6.94. The number of hydrogen-bond acceptors (Lipinski definition) is 3. The van der Waals surface area contributed by atoms with Crippen LogP contribution in [-0.4, -0.2) is 26.8 Å². The predicted octanol–water partition coefficient (Wildman–Crippen LogP) is 2.93. The number of aromatic nitrogens is 2. The Morgan fingerprint density at radius 1 is 1.30 bits per heavy atom. The highest BCUT2D eigenvalue weighted by molar-refractivity contribution is 6.33. The lowest BCUT2D eigenvalue weighted by Crippen LogP contribution is -2.33. The van der Waals surface area contributed by atoms with E-state index in [9.17, 15) is 4.79 Å². The van der Waals surface area contributed by atoms with Gasteiger partial charge in [-0.2, -0.15) is 0 Å². The molecule has 4 nitrogen and oxygen atoms in total. The van der Waals surface area contributed by atoms with Crippen LogP contribution in [-0.2, 0) is 6.54 Å². The fourth-order valence-corrected chi connectivity index (χ4v) is 2.32.